The van der Waals surface area contributed by atoms with E-state index in [0.717, 1.165) is 55.3 Å². The van der Waals surface area contributed by atoms with E-state index in [0.29, 0.717) is 0 Å². The van der Waals surface area contributed by atoms with Gasteiger partial charge in [0.2, 0.25) is 0 Å². The van der Waals surface area contributed by atoms with E-state index in [4.69, 9.17) is 4.74 Å². The summed E-state index contributed by atoms with van der Waals surface area (Å²) in [6, 6.07) is 8.05. The third-order valence-electron chi connectivity index (χ3n) is 6.96. The van der Waals surface area contributed by atoms with Crippen molar-refractivity contribution in [1.82, 2.24) is 24.6 Å². The SMILES string of the molecule is COc1cccc(-c2[nH]ncc2CN2C[C@@H]3CCC[C@@H](C2)C3(O)c2nccn2C)c1. The predicted molar refractivity (Wildman–Crippen MR) is 114 cm³/mol. The molecule has 1 aromatic carbocycles. The van der Waals surface area contributed by atoms with E-state index < -0.39 is 5.60 Å². The van der Waals surface area contributed by atoms with E-state index in [-0.39, 0.29) is 11.8 Å². The van der Waals surface area contributed by atoms with Crippen LogP contribution in [0.25, 0.3) is 11.3 Å². The number of aromatic nitrogens is 4. The maximum atomic E-state index is 11.8. The van der Waals surface area contributed by atoms with Gasteiger partial charge in [-0.25, -0.2) is 4.98 Å². The van der Waals surface area contributed by atoms with Crippen LogP contribution >= 0.6 is 0 Å². The molecule has 7 heteroatoms. The third-order valence-corrected chi connectivity index (χ3v) is 6.96. The lowest BCUT2D eigenvalue weighted by molar-refractivity contribution is -0.155. The second-order valence-corrected chi connectivity index (χ2v) is 8.71. The lowest BCUT2D eigenvalue weighted by atomic mass is 9.65. The van der Waals surface area contributed by atoms with Crippen LogP contribution in [0.4, 0.5) is 0 Å². The van der Waals surface area contributed by atoms with Gasteiger partial charge in [0.25, 0.3) is 0 Å². The third kappa shape index (κ3) is 3.13. The van der Waals surface area contributed by atoms with Gasteiger partial charge in [-0.1, -0.05) is 18.6 Å². The van der Waals surface area contributed by atoms with Gasteiger partial charge in [0.1, 0.15) is 17.2 Å². The molecule has 0 amide bonds. The van der Waals surface area contributed by atoms with Crippen molar-refractivity contribution in [2.24, 2.45) is 18.9 Å². The van der Waals surface area contributed by atoms with Crippen molar-refractivity contribution in [2.45, 2.75) is 31.4 Å². The summed E-state index contributed by atoms with van der Waals surface area (Å²) in [7, 11) is 3.66. The number of rotatable bonds is 5. The van der Waals surface area contributed by atoms with Gasteiger partial charge in [-0.05, 0) is 25.0 Å². The van der Waals surface area contributed by atoms with Crippen molar-refractivity contribution >= 4 is 0 Å². The molecule has 3 heterocycles. The molecule has 3 aromatic rings. The first-order valence-corrected chi connectivity index (χ1v) is 10.7. The number of piperidine rings is 1. The minimum Gasteiger partial charge on any atom is -0.497 e. The van der Waals surface area contributed by atoms with Gasteiger partial charge in [0.05, 0.1) is 19.0 Å². The number of fused-ring (bicyclic) bond motifs is 2. The summed E-state index contributed by atoms with van der Waals surface area (Å²) in [6.07, 6.45) is 8.89. The topological polar surface area (TPSA) is 79.2 Å². The summed E-state index contributed by atoms with van der Waals surface area (Å²) >= 11 is 0. The van der Waals surface area contributed by atoms with Crippen LogP contribution in [0, 0.1) is 11.8 Å². The highest BCUT2D eigenvalue weighted by molar-refractivity contribution is 5.64. The lowest BCUT2D eigenvalue weighted by Gasteiger charge is -2.52. The molecular formula is C23H29N5O2. The Balaban J connectivity index is 1.39. The summed E-state index contributed by atoms with van der Waals surface area (Å²) in [4.78, 5) is 7.00. The Morgan fingerprint density at radius 3 is 2.77 bits per heavy atom. The average Bonchev–Trinajstić information content (AvgIpc) is 3.38. The Labute approximate surface area is 176 Å². The second-order valence-electron chi connectivity index (χ2n) is 8.71. The highest BCUT2D eigenvalue weighted by atomic mass is 16.5. The highest BCUT2D eigenvalue weighted by Crippen LogP contribution is 2.48. The number of ether oxygens (including phenoxy) is 1. The zero-order chi connectivity index (χ0) is 20.7. The van der Waals surface area contributed by atoms with Crippen LogP contribution in [0.1, 0.15) is 30.7 Å². The molecular weight excluding hydrogens is 378 g/mol. The van der Waals surface area contributed by atoms with Crippen molar-refractivity contribution in [3.63, 3.8) is 0 Å². The Morgan fingerprint density at radius 2 is 2.07 bits per heavy atom. The first kappa shape index (κ1) is 19.3. The number of methoxy groups -OCH3 is 1. The molecule has 0 unspecified atom stereocenters. The van der Waals surface area contributed by atoms with Crippen LogP contribution in [-0.2, 0) is 19.2 Å². The monoisotopic (exact) mass is 407 g/mol. The minimum absolute atomic E-state index is 0.193. The summed E-state index contributed by atoms with van der Waals surface area (Å²) in [5.41, 5.74) is 2.44. The van der Waals surface area contributed by atoms with Gasteiger partial charge in [0, 0.05) is 62.0 Å². The van der Waals surface area contributed by atoms with Crippen molar-refractivity contribution in [2.75, 3.05) is 20.2 Å². The Morgan fingerprint density at radius 1 is 1.27 bits per heavy atom. The molecule has 30 heavy (non-hydrogen) atoms. The van der Waals surface area contributed by atoms with E-state index in [9.17, 15) is 5.11 Å². The number of aryl methyl sites for hydroxylation is 1. The van der Waals surface area contributed by atoms with Crippen molar-refractivity contribution < 1.29 is 9.84 Å². The summed E-state index contributed by atoms with van der Waals surface area (Å²) in [5, 5.41) is 19.3. The standard InChI is InChI=1S/C23H29N5O2/c1-27-10-9-24-22(27)23(29)18-6-4-7-19(23)15-28(14-18)13-17-12-25-26-21(17)16-5-3-8-20(11-16)30-2/h3,5,8-12,18-19,29H,4,6-7,13-15H2,1-2H3,(H,25,26)/t18-,19-/m0/s1. The van der Waals surface area contributed by atoms with E-state index >= 15 is 0 Å². The Kier molecular flexibility index (Phi) is 4.87. The maximum Gasteiger partial charge on any atom is 0.141 e. The molecule has 2 N–H and O–H groups in total. The molecule has 2 aliphatic rings. The molecule has 158 valence electrons. The number of likely N-dealkylation sites (tertiary alicyclic amines) is 1. The molecule has 7 nitrogen and oxygen atoms in total. The number of aliphatic hydroxyl groups is 1. The van der Waals surface area contributed by atoms with E-state index in [2.05, 4.69) is 26.1 Å². The number of nitrogens with zero attached hydrogens (tertiary/aromatic N) is 4. The molecule has 1 aliphatic carbocycles. The molecule has 5 rings (SSSR count). The minimum atomic E-state index is -0.834. The number of H-pyrrole nitrogens is 1. The summed E-state index contributed by atoms with van der Waals surface area (Å²) < 4.78 is 7.36. The molecule has 2 atom stereocenters. The molecule has 2 aromatic heterocycles. The van der Waals surface area contributed by atoms with Crippen molar-refractivity contribution in [1.29, 1.82) is 0 Å². The van der Waals surface area contributed by atoms with Gasteiger partial charge in [-0.3, -0.25) is 10.00 Å². The molecule has 1 saturated heterocycles. The fourth-order valence-electron chi connectivity index (χ4n) is 5.49. The predicted octanol–water partition coefficient (Wildman–Crippen LogP) is 2.94. The zero-order valence-corrected chi connectivity index (χ0v) is 17.6. The van der Waals surface area contributed by atoms with Crippen LogP contribution in [0.3, 0.4) is 0 Å². The van der Waals surface area contributed by atoms with Crippen LogP contribution in [0.15, 0.2) is 42.9 Å². The molecule has 2 bridgehead atoms. The number of aromatic amines is 1. The zero-order valence-electron chi connectivity index (χ0n) is 17.6. The normalized spacial score (nSPS) is 26.6. The van der Waals surface area contributed by atoms with E-state index in [1.54, 1.807) is 13.3 Å². The van der Waals surface area contributed by atoms with Gasteiger partial charge in [-0.15, -0.1) is 0 Å². The summed E-state index contributed by atoms with van der Waals surface area (Å²) in [5.74, 6) is 2.04. The molecule has 2 fully saturated rings. The van der Waals surface area contributed by atoms with Gasteiger partial charge < -0.3 is 14.4 Å². The number of nitrogens with one attached hydrogen (secondary N) is 1. The van der Waals surface area contributed by atoms with E-state index in [1.165, 1.54) is 12.0 Å². The lowest BCUT2D eigenvalue weighted by Crippen LogP contribution is -2.58. The van der Waals surface area contributed by atoms with Crippen molar-refractivity contribution in [3.8, 4) is 17.0 Å². The second kappa shape index (κ2) is 7.56. The quantitative estimate of drug-likeness (QED) is 0.680. The first-order chi connectivity index (χ1) is 14.6. The Hall–Kier alpha value is -2.64. The number of imidazole rings is 1. The molecule has 1 aliphatic heterocycles. The fraction of sp³-hybridized carbons (Fsp3) is 0.478. The van der Waals surface area contributed by atoms with E-state index in [1.807, 2.05) is 42.2 Å². The average molecular weight is 408 g/mol. The Bertz CT molecular complexity index is 1010. The van der Waals surface area contributed by atoms with Gasteiger partial charge >= 0.3 is 0 Å². The largest absolute Gasteiger partial charge is 0.497 e. The smallest absolute Gasteiger partial charge is 0.141 e. The summed E-state index contributed by atoms with van der Waals surface area (Å²) in [6.45, 7) is 2.54. The van der Waals surface area contributed by atoms with Crippen molar-refractivity contribution in [3.05, 3.63) is 54.2 Å². The van der Waals surface area contributed by atoms with Crippen LogP contribution in [0.5, 0.6) is 5.75 Å². The van der Waals surface area contributed by atoms with Crippen LogP contribution in [0.2, 0.25) is 0 Å². The van der Waals surface area contributed by atoms with Crippen LogP contribution in [-0.4, -0.2) is 50.0 Å². The number of hydrogen-bond acceptors (Lipinski definition) is 5. The van der Waals surface area contributed by atoms with Gasteiger partial charge in [0.15, 0.2) is 0 Å². The molecule has 1 saturated carbocycles. The number of benzene rings is 1. The fourth-order valence-corrected chi connectivity index (χ4v) is 5.49. The first-order valence-electron chi connectivity index (χ1n) is 10.7. The number of hydrogen-bond donors (Lipinski definition) is 2. The van der Waals surface area contributed by atoms with Gasteiger partial charge in [-0.2, -0.15) is 5.10 Å². The van der Waals surface area contributed by atoms with Crippen LogP contribution < -0.4 is 4.74 Å². The molecule has 0 spiro atoms. The maximum absolute atomic E-state index is 11.8. The molecule has 0 radical (unpaired) electrons. The highest BCUT2D eigenvalue weighted by Gasteiger charge is 2.53.